The number of ketones is 1. The molecule has 4 N–H and O–H groups in total. The Kier molecular flexibility index (Phi) is 9.57. The molecule has 15 aliphatic rings. The van der Waals surface area contributed by atoms with Gasteiger partial charge in [-0.1, -0.05) is 74.4 Å². The van der Waals surface area contributed by atoms with Crippen LogP contribution in [0.3, 0.4) is 0 Å². The molecule has 8 heterocycles. The zero-order valence-corrected chi connectivity index (χ0v) is 44.7. The number of cyclic esters (lactones) is 2. The predicted molar refractivity (Wildman–Crippen MR) is 277 cm³/mol. The number of fused-ring (bicyclic) bond motifs is 6. The number of esters is 2. The molecule has 1 aromatic heterocycles. The lowest BCUT2D eigenvalue weighted by Gasteiger charge is -2.73. The smallest absolute Gasteiger partial charge is 0.339 e. The van der Waals surface area contributed by atoms with E-state index in [0.29, 0.717) is 55.2 Å². The second-order valence-electron chi connectivity index (χ2n) is 28.6. The van der Waals surface area contributed by atoms with Crippen LogP contribution >= 0.6 is 0 Å². The van der Waals surface area contributed by atoms with Crippen LogP contribution in [-0.4, -0.2) is 106 Å². The summed E-state index contributed by atoms with van der Waals surface area (Å²) in [6, 6.07) is 13.1. The Bertz CT molecular complexity index is 2990. The van der Waals surface area contributed by atoms with Crippen molar-refractivity contribution in [2.75, 3.05) is 26.4 Å². The van der Waals surface area contributed by atoms with Crippen LogP contribution in [0.5, 0.6) is 0 Å². The van der Waals surface area contributed by atoms with E-state index in [9.17, 15) is 15.3 Å². The van der Waals surface area contributed by atoms with E-state index in [1.54, 1.807) is 6.26 Å². The molecule has 17 rings (SSSR count). The molecule has 6 bridgehead atoms. The molecule has 5 spiro atoms. The quantitative estimate of drug-likeness (QED) is 0.112. The van der Waals surface area contributed by atoms with E-state index in [1.807, 2.05) is 6.07 Å². The van der Waals surface area contributed by atoms with Gasteiger partial charge in [0.05, 0.1) is 42.6 Å². The molecule has 2 aromatic rings. The number of epoxide rings is 1. The van der Waals surface area contributed by atoms with Gasteiger partial charge in [0.2, 0.25) is 0 Å². The molecule has 0 unspecified atom stereocenters. The molecule has 77 heavy (non-hydrogen) atoms. The van der Waals surface area contributed by atoms with Gasteiger partial charge in [0.15, 0.2) is 11.9 Å². The van der Waals surface area contributed by atoms with Gasteiger partial charge in [0, 0.05) is 35.4 Å². The normalized spacial score (nSPS) is 53.0. The van der Waals surface area contributed by atoms with Gasteiger partial charge in [-0.15, -0.1) is 0 Å². The molecule has 24 atom stereocenters. The van der Waals surface area contributed by atoms with E-state index in [2.05, 4.69) is 84.9 Å². The first-order chi connectivity index (χ1) is 37.2. The number of furan rings is 1. The number of rotatable bonds is 9. The molecular weight excluding hydrogens is 973 g/mol. The molecule has 13 nitrogen and oxygen atoms in total. The molecule has 5 saturated heterocycles. The number of aliphatic hydroxyl groups is 3. The van der Waals surface area contributed by atoms with E-state index in [4.69, 9.17) is 23.4 Å². The number of Topliss-reactive ketones (excluding diaryl/α,β-unsaturated/α-hetero) is 1. The number of aliphatic hydroxyl groups excluding tert-OH is 3. The Balaban J connectivity index is 0.853. The molecule has 1 aromatic carbocycles. The van der Waals surface area contributed by atoms with Gasteiger partial charge >= 0.3 is 11.9 Å². The van der Waals surface area contributed by atoms with E-state index in [0.717, 1.165) is 95.0 Å². The largest absolute Gasteiger partial charge is 0.469 e. The zero-order chi connectivity index (χ0) is 52.0. The lowest BCUT2D eigenvalue weighted by Crippen LogP contribution is -2.83. The molecule has 13 heteroatoms. The Hall–Kier alpha value is -4.11. The highest BCUT2D eigenvalue weighted by Gasteiger charge is 3.00. The van der Waals surface area contributed by atoms with Crippen molar-refractivity contribution in [1.29, 1.82) is 0 Å². The summed E-state index contributed by atoms with van der Waals surface area (Å²) < 4.78 is 36.0. The highest BCUT2D eigenvalue weighted by molar-refractivity contribution is 5.95. The number of allylic oxidation sites excluding steroid dienone is 2. The van der Waals surface area contributed by atoms with Gasteiger partial charge < -0.3 is 43.6 Å². The Labute approximate surface area is 450 Å². The molecule has 12 fully saturated rings. The minimum atomic E-state index is -1.50. The second-order valence-corrected chi connectivity index (χ2v) is 28.6. The van der Waals surface area contributed by atoms with Crippen LogP contribution in [-0.2, 0) is 46.2 Å². The third kappa shape index (κ3) is 5.24. The van der Waals surface area contributed by atoms with Gasteiger partial charge in [0.25, 0.3) is 0 Å². The number of hydrogen-bond donors (Lipinski definition) is 4. The molecule has 8 aliphatic carbocycles. The van der Waals surface area contributed by atoms with Crippen LogP contribution in [0.2, 0.25) is 0 Å². The summed E-state index contributed by atoms with van der Waals surface area (Å²) in [5.74, 6) is -0.486. The first kappa shape index (κ1) is 47.7. The van der Waals surface area contributed by atoms with Crippen molar-refractivity contribution in [1.82, 2.24) is 10.2 Å². The summed E-state index contributed by atoms with van der Waals surface area (Å²) in [6.45, 7) is 5.81. The third-order valence-corrected chi connectivity index (χ3v) is 26.2. The maximum absolute atomic E-state index is 16.8. The number of benzene rings is 1. The summed E-state index contributed by atoms with van der Waals surface area (Å²) in [4.78, 5) is 50.4. The number of carbonyl (C=O) groups is 3. The molecular formula is C64H76N2O11. The molecule has 0 radical (unpaired) electrons. The van der Waals surface area contributed by atoms with Crippen LogP contribution < -0.4 is 5.32 Å². The van der Waals surface area contributed by atoms with Crippen molar-refractivity contribution in [3.05, 3.63) is 95.6 Å². The fourth-order valence-corrected chi connectivity index (χ4v) is 24.3. The predicted octanol–water partition coefficient (Wildman–Crippen LogP) is 7.33. The number of nitrogens with zero attached hydrogens (tertiary/aromatic N) is 1. The minimum absolute atomic E-state index is 0.0187. The molecule has 7 aliphatic heterocycles. The van der Waals surface area contributed by atoms with Crippen molar-refractivity contribution in [2.45, 2.75) is 157 Å². The minimum Gasteiger partial charge on any atom is -0.469 e. The van der Waals surface area contributed by atoms with Crippen molar-refractivity contribution in [2.24, 2.45) is 92.2 Å². The summed E-state index contributed by atoms with van der Waals surface area (Å²) in [7, 11) is 0. The van der Waals surface area contributed by atoms with Crippen molar-refractivity contribution in [3.8, 4) is 0 Å². The topological polar surface area (TPSA) is 181 Å². The zero-order valence-electron chi connectivity index (χ0n) is 44.7. The van der Waals surface area contributed by atoms with E-state index < -0.39 is 86.1 Å². The van der Waals surface area contributed by atoms with Gasteiger partial charge in [-0.05, 0) is 172 Å². The number of ether oxygens (including phenoxy) is 4. The number of hydrogen-bond acceptors (Lipinski definition) is 13. The summed E-state index contributed by atoms with van der Waals surface area (Å²) in [6.07, 6.45) is 20.7. The van der Waals surface area contributed by atoms with Crippen molar-refractivity contribution < 1.29 is 53.1 Å². The first-order valence-electron chi connectivity index (χ1n) is 30.2. The number of nitrogens with one attached hydrogen (secondary N) is 1. The summed E-state index contributed by atoms with van der Waals surface area (Å²) in [5.41, 5.74) is -5.47. The van der Waals surface area contributed by atoms with Crippen molar-refractivity contribution >= 4 is 17.7 Å². The Morgan fingerprint density at radius 3 is 2.68 bits per heavy atom. The average Bonchev–Trinajstić information content (AvgIpc) is 1.65. The standard InChI is InChI=1S/C64H76N2O11/c1-57-28-39-29-59-27-36-13-18-61(59)56(72)74-32-60-50(39)62(40-10-6-9-35(22-40)21-34-7-4-3-5-8-34,52(70)49(69)51(60)58(2)17-14-41(25-42(59)23-36)63(60,61)77-58)64(57)54(76-64)55(71)75-53(57)44-16-20-73-48(44)26-45(47(68)31-67)37-11-12-43-38(24-37)15-19-66-33-65-30-46(43)66/h3-5,7-8,13-16,18-20,35-40,42-43,45-47,50-54,65,67-68,70H,6,9-12,17,21-33H2,1-2H3/t35-,36+,37-,38+,39-,40-,42+,43-,45-,46-,47+,50+,51+,52+,53-,54+,57-,58-,59-,60+,61+,62-,63+,64+/m0/s1. The summed E-state index contributed by atoms with van der Waals surface area (Å²) in [5, 5.41) is 40.5. The van der Waals surface area contributed by atoms with Gasteiger partial charge in [-0.3, -0.25) is 14.9 Å². The Morgan fingerprint density at radius 1 is 0.948 bits per heavy atom. The van der Waals surface area contributed by atoms with Crippen LogP contribution in [0.4, 0.5) is 0 Å². The van der Waals surface area contributed by atoms with Crippen LogP contribution in [0.1, 0.15) is 120 Å². The Morgan fingerprint density at radius 2 is 1.82 bits per heavy atom. The monoisotopic (exact) mass is 1050 g/mol. The van der Waals surface area contributed by atoms with Gasteiger partial charge in [-0.2, -0.15) is 0 Å². The maximum Gasteiger partial charge on any atom is 0.339 e. The van der Waals surface area contributed by atoms with Crippen LogP contribution in [0, 0.1) is 92.2 Å². The lowest BCUT2D eigenvalue weighted by atomic mass is 9.29. The van der Waals surface area contributed by atoms with Gasteiger partial charge in [-0.25, -0.2) is 4.79 Å². The highest BCUT2D eigenvalue weighted by Crippen LogP contribution is 2.92. The number of carbonyl (C=O) groups excluding carboxylic acids is 3. The first-order valence-corrected chi connectivity index (χ1v) is 30.2. The van der Waals surface area contributed by atoms with E-state index >= 15 is 14.4 Å². The highest BCUT2D eigenvalue weighted by atomic mass is 16.7. The molecule has 0 amide bonds. The second kappa shape index (κ2) is 15.5. The van der Waals surface area contributed by atoms with Crippen LogP contribution in [0.25, 0.3) is 0 Å². The fourth-order valence-electron chi connectivity index (χ4n) is 24.3. The van der Waals surface area contributed by atoms with E-state index in [1.165, 1.54) is 5.56 Å². The van der Waals surface area contributed by atoms with E-state index in [-0.39, 0.29) is 60.5 Å². The SMILES string of the molecule is C[C@@]12C[C@H]3C[C@]45C[C@@H]6C=C[C@@]47C(=O)OC[C@@]48[C@@H]3[C@@]([C@H]3CCC[C@@H](Cc9ccccc9)C3)([C@H](O)C(=O)[C@@H]4[C@]3(C)CC=C(C[C@H]5C6)[C@@]87O3)[C@]13O[C@@H]3C(=O)O[C@H]2c1ccoc1C[C@@H]([C@H]1CC[C@H]2[C@H](C=CN3CNC[C@@H]23)C1)[C@H](O)CO. The average molecular weight is 1050 g/mol. The van der Waals surface area contributed by atoms with Crippen molar-refractivity contribution in [3.63, 3.8) is 0 Å². The van der Waals surface area contributed by atoms with Crippen LogP contribution in [0.15, 0.2) is 83.2 Å². The maximum atomic E-state index is 16.8. The third-order valence-electron chi connectivity index (χ3n) is 26.2. The molecule has 7 saturated carbocycles. The summed E-state index contributed by atoms with van der Waals surface area (Å²) >= 11 is 0. The lowest BCUT2D eigenvalue weighted by molar-refractivity contribution is -0.307. The fraction of sp³-hybridized carbons (Fsp3) is 0.703. The van der Waals surface area contributed by atoms with Gasteiger partial charge in [0.1, 0.15) is 41.2 Å². The molecule has 408 valence electrons.